The molecule has 0 unspecified atom stereocenters. The van der Waals surface area contributed by atoms with Crippen molar-refractivity contribution in [1.29, 1.82) is 5.26 Å². The van der Waals surface area contributed by atoms with E-state index in [0.717, 1.165) is 33.9 Å². The molecule has 0 atom stereocenters. The average molecular weight is 415 g/mol. The van der Waals surface area contributed by atoms with Crippen molar-refractivity contribution in [1.82, 2.24) is 0 Å². The topological polar surface area (TPSA) is 132 Å². The molecule has 2 aromatic carbocycles. The summed E-state index contributed by atoms with van der Waals surface area (Å²) in [4.78, 5) is 35.4. The third-order valence-electron chi connectivity index (χ3n) is 3.88. The van der Waals surface area contributed by atoms with Crippen LogP contribution in [0, 0.1) is 34.6 Å². The molecule has 0 fully saturated rings. The van der Waals surface area contributed by atoms with Crippen LogP contribution >= 0.6 is 11.8 Å². The number of aryl methyl sites for hydroxylation is 2. The Bertz CT molecular complexity index is 992. The quantitative estimate of drug-likeness (QED) is 0.239. The van der Waals surface area contributed by atoms with Crippen molar-refractivity contribution >= 4 is 35.0 Å². The Balaban J connectivity index is 2.05. The van der Waals surface area contributed by atoms with E-state index in [-0.39, 0.29) is 17.0 Å². The van der Waals surface area contributed by atoms with E-state index < -0.39 is 23.4 Å². The van der Waals surface area contributed by atoms with Gasteiger partial charge in [-0.3, -0.25) is 14.9 Å². The molecular formula is C19H17N3O6S. The van der Waals surface area contributed by atoms with Gasteiger partial charge in [-0.25, -0.2) is 4.79 Å². The average Bonchev–Trinajstić information content (AvgIpc) is 2.68. The van der Waals surface area contributed by atoms with Gasteiger partial charge in [0.2, 0.25) is 0 Å². The summed E-state index contributed by atoms with van der Waals surface area (Å²) in [6.45, 7) is 3.01. The number of nitriles is 1. The fraction of sp³-hybridized carbons (Fsp3) is 0.211. The summed E-state index contributed by atoms with van der Waals surface area (Å²) in [5.41, 5.74) is 1.62. The molecule has 2 rings (SSSR count). The molecule has 9 nitrogen and oxygen atoms in total. The second-order valence-corrected chi connectivity index (χ2v) is 6.75. The Morgan fingerprint density at radius 3 is 2.45 bits per heavy atom. The van der Waals surface area contributed by atoms with Crippen LogP contribution in [0.3, 0.4) is 0 Å². The van der Waals surface area contributed by atoms with E-state index in [4.69, 9.17) is 14.7 Å². The molecule has 150 valence electrons. The fourth-order valence-electron chi connectivity index (χ4n) is 2.58. The zero-order valence-corrected chi connectivity index (χ0v) is 16.7. The Hall–Kier alpha value is -3.58. The van der Waals surface area contributed by atoms with Crippen LogP contribution in [0.1, 0.15) is 21.5 Å². The Morgan fingerprint density at radius 1 is 1.24 bits per heavy atom. The maximum atomic E-state index is 12.2. The zero-order chi connectivity index (χ0) is 21.6. The van der Waals surface area contributed by atoms with Gasteiger partial charge in [0.25, 0.3) is 5.91 Å². The van der Waals surface area contributed by atoms with Crippen molar-refractivity contribution in [2.75, 3.05) is 19.0 Å². The molecule has 0 aliphatic carbocycles. The number of nitrogens with zero attached hydrogens (tertiary/aromatic N) is 2. The fourth-order valence-corrected chi connectivity index (χ4v) is 3.16. The van der Waals surface area contributed by atoms with Crippen LogP contribution in [0.15, 0.2) is 35.2 Å². The lowest BCUT2D eigenvalue weighted by Gasteiger charge is -2.13. The van der Waals surface area contributed by atoms with Gasteiger partial charge in [-0.15, -0.1) is 0 Å². The summed E-state index contributed by atoms with van der Waals surface area (Å²) < 4.78 is 9.83. The molecule has 0 bridgehead atoms. The number of thiocyanates is 1. The maximum absolute atomic E-state index is 12.2. The summed E-state index contributed by atoms with van der Waals surface area (Å²) in [6, 6.07) is 7.14. The molecule has 0 spiro atoms. The minimum absolute atomic E-state index is 0.00764. The predicted octanol–water partition coefficient (Wildman–Crippen LogP) is 3.59. The van der Waals surface area contributed by atoms with Crippen molar-refractivity contribution < 1.29 is 24.0 Å². The lowest BCUT2D eigenvalue weighted by Crippen LogP contribution is -2.22. The van der Waals surface area contributed by atoms with E-state index in [1.165, 1.54) is 19.2 Å². The van der Waals surface area contributed by atoms with Gasteiger partial charge in [0.05, 0.1) is 17.6 Å². The third-order valence-corrected chi connectivity index (χ3v) is 4.44. The molecule has 0 heterocycles. The first kappa shape index (κ1) is 21.7. The van der Waals surface area contributed by atoms with E-state index in [1.807, 2.05) is 5.40 Å². The number of ether oxygens (including phenoxy) is 2. The number of hydrogen-bond acceptors (Lipinski definition) is 8. The summed E-state index contributed by atoms with van der Waals surface area (Å²) in [6.07, 6.45) is 0. The van der Waals surface area contributed by atoms with Crippen LogP contribution in [-0.2, 0) is 9.53 Å². The number of rotatable bonds is 7. The highest BCUT2D eigenvalue weighted by Crippen LogP contribution is 2.28. The first-order chi connectivity index (χ1) is 13.8. The number of amides is 1. The molecule has 10 heteroatoms. The Kier molecular flexibility index (Phi) is 7.16. The predicted molar refractivity (Wildman–Crippen MR) is 106 cm³/mol. The lowest BCUT2D eigenvalue weighted by molar-refractivity contribution is -0.385. The van der Waals surface area contributed by atoms with Gasteiger partial charge in [0.1, 0.15) is 5.40 Å². The van der Waals surface area contributed by atoms with E-state index >= 15 is 0 Å². The molecule has 0 radical (unpaired) electrons. The molecule has 0 aliphatic heterocycles. The van der Waals surface area contributed by atoms with E-state index in [1.54, 1.807) is 26.0 Å². The van der Waals surface area contributed by atoms with Gasteiger partial charge in [-0.2, -0.15) is 5.26 Å². The minimum Gasteiger partial charge on any atom is -0.490 e. The number of benzene rings is 2. The van der Waals surface area contributed by atoms with Crippen LogP contribution in [-0.4, -0.2) is 30.5 Å². The van der Waals surface area contributed by atoms with Crippen LogP contribution in [0.2, 0.25) is 0 Å². The number of hydrogen-bond donors (Lipinski definition) is 1. The first-order valence-electron chi connectivity index (χ1n) is 8.23. The standard InChI is InChI=1S/C19H17N3O6S/c1-11-6-14(29-10-20)7-12(2)18(11)21-17(23)9-28-19(24)13-4-5-16(27-3)15(8-13)22(25)26/h4-8H,9H2,1-3H3,(H,21,23). The largest absolute Gasteiger partial charge is 0.490 e. The monoisotopic (exact) mass is 415 g/mol. The molecule has 1 N–H and O–H groups in total. The molecule has 2 aromatic rings. The van der Waals surface area contributed by atoms with Gasteiger partial charge in [0.15, 0.2) is 12.4 Å². The van der Waals surface area contributed by atoms with Crippen molar-refractivity contribution in [3.05, 3.63) is 57.1 Å². The van der Waals surface area contributed by atoms with E-state index in [9.17, 15) is 19.7 Å². The van der Waals surface area contributed by atoms with Gasteiger partial charge in [-0.1, -0.05) is 0 Å². The number of carbonyl (C=O) groups is 2. The highest BCUT2D eigenvalue weighted by molar-refractivity contribution is 8.03. The number of nitro benzene ring substituents is 1. The normalized spacial score (nSPS) is 10.0. The van der Waals surface area contributed by atoms with Crippen molar-refractivity contribution in [3.63, 3.8) is 0 Å². The van der Waals surface area contributed by atoms with Crippen LogP contribution in [0.25, 0.3) is 0 Å². The van der Waals surface area contributed by atoms with Crippen LogP contribution in [0.5, 0.6) is 5.75 Å². The van der Waals surface area contributed by atoms with Crippen LogP contribution in [0.4, 0.5) is 11.4 Å². The Morgan fingerprint density at radius 2 is 1.90 bits per heavy atom. The van der Waals surface area contributed by atoms with Gasteiger partial charge < -0.3 is 14.8 Å². The SMILES string of the molecule is COc1ccc(C(=O)OCC(=O)Nc2c(C)cc(SC#N)cc2C)cc1[N+](=O)[O-]. The number of methoxy groups -OCH3 is 1. The summed E-state index contributed by atoms with van der Waals surface area (Å²) in [5.74, 6) is -1.43. The van der Waals surface area contributed by atoms with Crippen molar-refractivity contribution in [2.45, 2.75) is 18.7 Å². The first-order valence-corrected chi connectivity index (χ1v) is 9.05. The molecule has 0 saturated carbocycles. The number of esters is 1. The summed E-state index contributed by atoms with van der Waals surface area (Å²) in [7, 11) is 1.28. The Labute approximate surface area is 170 Å². The lowest BCUT2D eigenvalue weighted by atomic mass is 10.1. The number of nitro groups is 1. The molecule has 0 aromatic heterocycles. The second-order valence-electron chi connectivity index (χ2n) is 5.89. The summed E-state index contributed by atoms with van der Waals surface area (Å²) in [5, 5.41) is 24.5. The number of anilines is 1. The number of nitrogens with one attached hydrogen (secondary N) is 1. The second kappa shape index (κ2) is 9.57. The van der Waals surface area contributed by atoms with Crippen molar-refractivity contribution in [3.8, 4) is 11.2 Å². The molecule has 0 saturated heterocycles. The number of thioether (sulfide) groups is 1. The number of carbonyl (C=O) groups excluding carboxylic acids is 2. The minimum atomic E-state index is -0.875. The third kappa shape index (κ3) is 5.46. The highest BCUT2D eigenvalue weighted by Gasteiger charge is 2.20. The molecule has 1 amide bonds. The molecule has 29 heavy (non-hydrogen) atoms. The van der Waals surface area contributed by atoms with Gasteiger partial charge in [0, 0.05) is 16.6 Å². The van der Waals surface area contributed by atoms with Gasteiger partial charge >= 0.3 is 11.7 Å². The zero-order valence-electron chi connectivity index (χ0n) is 15.8. The molecule has 0 aliphatic rings. The van der Waals surface area contributed by atoms with Crippen LogP contribution < -0.4 is 10.1 Å². The molecular weight excluding hydrogens is 398 g/mol. The van der Waals surface area contributed by atoms with Crippen molar-refractivity contribution in [2.24, 2.45) is 0 Å². The smallest absolute Gasteiger partial charge is 0.338 e. The van der Waals surface area contributed by atoms with E-state index in [0.29, 0.717) is 5.69 Å². The summed E-state index contributed by atoms with van der Waals surface area (Å²) >= 11 is 1.02. The maximum Gasteiger partial charge on any atom is 0.338 e. The highest BCUT2D eigenvalue weighted by atomic mass is 32.2. The van der Waals surface area contributed by atoms with E-state index in [2.05, 4.69) is 5.32 Å². The van der Waals surface area contributed by atoms with Gasteiger partial charge in [-0.05, 0) is 61.0 Å².